The minimum Gasteiger partial charge on any atom is -0.493 e. The van der Waals surface area contributed by atoms with Crippen molar-refractivity contribution in [2.45, 2.75) is 20.4 Å². The second-order valence-electron chi connectivity index (χ2n) is 7.86. The van der Waals surface area contributed by atoms with Gasteiger partial charge in [0.05, 0.1) is 12.1 Å². The molecule has 4 rings (SSSR count). The van der Waals surface area contributed by atoms with E-state index in [4.69, 9.17) is 4.74 Å². The van der Waals surface area contributed by atoms with Gasteiger partial charge >= 0.3 is 0 Å². The van der Waals surface area contributed by atoms with Gasteiger partial charge in [-0.2, -0.15) is 0 Å². The average molecular weight is 446 g/mol. The fourth-order valence-electron chi connectivity index (χ4n) is 4.19. The van der Waals surface area contributed by atoms with Crippen LogP contribution in [0.25, 0.3) is 16.5 Å². The number of aromatic nitrogens is 1. The molecule has 1 aromatic heterocycles. The molecule has 0 saturated carbocycles. The molecule has 168 valence electrons. The first-order chi connectivity index (χ1) is 15.8. The van der Waals surface area contributed by atoms with Crippen molar-refractivity contribution in [1.82, 2.24) is 4.57 Å². The number of aromatic hydroxyl groups is 1. The molecule has 0 atom stereocenters. The Kier molecular flexibility index (Phi) is 5.98. The van der Waals surface area contributed by atoms with Gasteiger partial charge in [-0.25, -0.2) is 4.39 Å². The third-order valence-corrected chi connectivity index (χ3v) is 5.77. The van der Waals surface area contributed by atoms with Crippen LogP contribution in [-0.2, 0) is 6.54 Å². The van der Waals surface area contributed by atoms with Crippen LogP contribution in [-0.4, -0.2) is 21.6 Å². The Hall–Kier alpha value is -3.97. The SMILES string of the molecule is C=C(c1ccc2c(c1)c(N=O)c(O)n2Cc1cc(F)cc(C)c1OCO)c1ccccc1C. The number of nitrogens with zero attached hydrogens (tertiary/aromatic N) is 2. The number of ether oxygens (including phenoxy) is 1. The molecule has 2 N–H and O–H groups in total. The summed E-state index contributed by atoms with van der Waals surface area (Å²) < 4.78 is 20.9. The fraction of sp³-hybridized carbons (Fsp3) is 0.154. The Labute approximate surface area is 190 Å². The highest BCUT2D eigenvalue weighted by Gasteiger charge is 2.21. The summed E-state index contributed by atoms with van der Waals surface area (Å²) in [5, 5.41) is 23.5. The summed E-state index contributed by atoms with van der Waals surface area (Å²) in [6.07, 6.45) is 0. The lowest BCUT2D eigenvalue weighted by atomic mass is 9.95. The Morgan fingerprint density at radius 1 is 1.12 bits per heavy atom. The van der Waals surface area contributed by atoms with Gasteiger partial charge in [-0.1, -0.05) is 36.9 Å². The van der Waals surface area contributed by atoms with Crippen molar-refractivity contribution in [3.05, 3.63) is 99.7 Å². The third kappa shape index (κ3) is 3.99. The molecule has 7 heteroatoms. The smallest absolute Gasteiger partial charge is 0.222 e. The molecule has 0 radical (unpaired) electrons. The molecule has 0 aliphatic heterocycles. The van der Waals surface area contributed by atoms with Gasteiger partial charge in [-0.15, -0.1) is 4.91 Å². The quantitative estimate of drug-likeness (QED) is 0.272. The first kappa shape index (κ1) is 22.2. The van der Waals surface area contributed by atoms with E-state index in [1.165, 1.54) is 16.7 Å². The van der Waals surface area contributed by atoms with E-state index in [-0.39, 0.29) is 18.1 Å². The maximum Gasteiger partial charge on any atom is 0.222 e. The highest BCUT2D eigenvalue weighted by Crippen LogP contribution is 2.41. The largest absolute Gasteiger partial charge is 0.493 e. The molecule has 33 heavy (non-hydrogen) atoms. The third-order valence-electron chi connectivity index (χ3n) is 5.77. The van der Waals surface area contributed by atoms with Crippen LogP contribution in [0.5, 0.6) is 11.6 Å². The minimum atomic E-state index is -0.580. The molecule has 0 fully saturated rings. The van der Waals surface area contributed by atoms with E-state index < -0.39 is 12.6 Å². The lowest BCUT2D eigenvalue weighted by molar-refractivity contribution is 0.0966. The van der Waals surface area contributed by atoms with E-state index in [0.29, 0.717) is 27.8 Å². The number of rotatable bonds is 7. The normalized spacial score (nSPS) is 11.0. The lowest BCUT2D eigenvalue weighted by Crippen LogP contribution is -2.06. The maximum atomic E-state index is 14.1. The zero-order valence-electron chi connectivity index (χ0n) is 18.3. The number of benzene rings is 3. The van der Waals surface area contributed by atoms with E-state index >= 15 is 0 Å². The minimum absolute atomic E-state index is 0.00384. The van der Waals surface area contributed by atoms with E-state index in [1.807, 2.05) is 37.3 Å². The van der Waals surface area contributed by atoms with Crippen molar-refractivity contribution < 1.29 is 19.3 Å². The number of aliphatic hydroxyl groups is 1. The van der Waals surface area contributed by atoms with E-state index in [2.05, 4.69) is 11.8 Å². The second kappa shape index (κ2) is 8.88. The Bertz CT molecular complexity index is 1390. The molecule has 0 unspecified atom stereocenters. The molecule has 0 spiro atoms. The summed E-state index contributed by atoms with van der Waals surface area (Å²) in [7, 11) is 0. The number of nitroso groups, excluding NO2 is 1. The monoisotopic (exact) mass is 446 g/mol. The first-order valence-electron chi connectivity index (χ1n) is 10.3. The zero-order chi connectivity index (χ0) is 23.7. The Morgan fingerprint density at radius 3 is 2.58 bits per heavy atom. The molecule has 4 aromatic rings. The number of halogens is 1. The van der Waals surface area contributed by atoms with Crippen molar-refractivity contribution in [3.8, 4) is 11.6 Å². The maximum absolute atomic E-state index is 14.1. The standard InChI is InChI=1S/C26H23FN2O4/c1-15-6-4-5-7-21(15)17(3)18-8-9-23-22(12-18)24(28-32)26(31)29(23)13-19-11-20(27)10-16(2)25(19)33-14-30/h4-12,30-31H,3,13-14H2,1-2H3. The van der Waals surface area contributed by atoms with E-state index in [1.54, 1.807) is 19.1 Å². The molecule has 0 amide bonds. The summed E-state index contributed by atoms with van der Waals surface area (Å²) in [6.45, 7) is 7.28. The van der Waals surface area contributed by atoms with Crippen LogP contribution in [0.1, 0.15) is 27.8 Å². The van der Waals surface area contributed by atoms with Crippen LogP contribution in [0, 0.1) is 24.6 Å². The van der Waals surface area contributed by atoms with Gasteiger partial charge in [0.2, 0.25) is 5.88 Å². The predicted octanol–water partition coefficient (Wildman–Crippen LogP) is 5.94. The Morgan fingerprint density at radius 2 is 1.88 bits per heavy atom. The number of aliphatic hydroxyl groups excluding tert-OH is 1. The van der Waals surface area contributed by atoms with E-state index in [0.717, 1.165) is 22.3 Å². The summed E-state index contributed by atoms with van der Waals surface area (Å²) >= 11 is 0. The van der Waals surface area contributed by atoms with E-state index in [9.17, 15) is 19.5 Å². The highest BCUT2D eigenvalue weighted by atomic mass is 19.1. The molecule has 0 aliphatic carbocycles. The molecular formula is C26H23FN2O4. The summed E-state index contributed by atoms with van der Waals surface area (Å²) in [4.78, 5) is 11.6. The number of hydrogen-bond donors (Lipinski definition) is 2. The van der Waals surface area contributed by atoms with Crippen molar-refractivity contribution in [1.29, 1.82) is 0 Å². The lowest BCUT2D eigenvalue weighted by Gasteiger charge is -2.15. The molecule has 6 nitrogen and oxygen atoms in total. The van der Waals surface area contributed by atoms with Gasteiger partial charge in [0.15, 0.2) is 12.5 Å². The van der Waals surface area contributed by atoms with Gasteiger partial charge in [-0.05, 0) is 71.1 Å². The van der Waals surface area contributed by atoms with Gasteiger partial charge in [0.1, 0.15) is 11.6 Å². The Balaban J connectivity index is 1.84. The van der Waals surface area contributed by atoms with Crippen molar-refractivity contribution >= 4 is 22.2 Å². The van der Waals surface area contributed by atoms with Gasteiger partial charge in [0.25, 0.3) is 0 Å². The topological polar surface area (TPSA) is 84.0 Å². The molecule has 0 saturated heterocycles. The summed E-state index contributed by atoms with van der Waals surface area (Å²) in [6, 6.07) is 15.8. The highest BCUT2D eigenvalue weighted by molar-refractivity contribution is 5.98. The van der Waals surface area contributed by atoms with Crippen molar-refractivity contribution in [2.75, 3.05) is 6.79 Å². The second-order valence-corrected chi connectivity index (χ2v) is 7.86. The summed E-state index contributed by atoms with van der Waals surface area (Å²) in [5.74, 6) is -0.505. The van der Waals surface area contributed by atoms with Crippen LogP contribution in [0.2, 0.25) is 0 Å². The average Bonchev–Trinajstić information content (AvgIpc) is 3.05. The van der Waals surface area contributed by atoms with Crippen LogP contribution >= 0.6 is 0 Å². The van der Waals surface area contributed by atoms with Crippen molar-refractivity contribution in [3.63, 3.8) is 0 Å². The van der Waals surface area contributed by atoms with Crippen molar-refractivity contribution in [2.24, 2.45) is 5.18 Å². The van der Waals surface area contributed by atoms with Gasteiger partial charge in [-0.3, -0.25) is 0 Å². The molecule has 3 aromatic carbocycles. The van der Waals surface area contributed by atoms with Gasteiger partial charge < -0.3 is 19.5 Å². The fourth-order valence-corrected chi connectivity index (χ4v) is 4.19. The molecule has 1 heterocycles. The summed E-state index contributed by atoms with van der Waals surface area (Å²) in [5.41, 5.74) is 4.93. The number of fused-ring (bicyclic) bond motifs is 1. The first-order valence-corrected chi connectivity index (χ1v) is 10.3. The number of hydrogen-bond acceptors (Lipinski definition) is 5. The number of aryl methyl sites for hydroxylation is 2. The molecule has 0 aliphatic rings. The zero-order valence-corrected chi connectivity index (χ0v) is 18.3. The van der Waals surface area contributed by atoms with Crippen LogP contribution in [0.15, 0.2) is 66.4 Å². The predicted molar refractivity (Wildman–Crippen MR) is 126 cm³/mol. The molecule has 0 bridgehead atoms. The van der Waals surface area contributed by atoms with Crippen LogP contribution in [0.3, 0.4) is 0 Å². The van der Waals surface area contributed by atoms with Gasteiger partial charge in [0, 0.05) is 10.9 Å². The molecular weight excluding hydrogens is 423 g/mol. The van der Waals surface area contributed by atoms with Crippen LogP contribution in [0.4, 0.5) is 10.1 Å². The van der Waals surface area contributed by atoms with Crippen LogP contribution < -0.4 is 4.74 Å².